The van der Waals surface area contributed by atoms with Gasteiger partial charge in [-0.25, -0.2) is 4.39 Å². The predicted molar refractivity (Wildman–Crippen MR) is 75.0 cm³/mol. The van der Waals surface area contributed by atoms with Crippen molar-refractivity contribution in [1.29, 1.82) is 0 Å². The third-order valence-corrected chi connectivity index (χ3v) is 3.70. The smallest absolute Gasteiger partial charge is 0.123 e. The Morgan fingerprint density at radius 1 is 1.26 bits per heavy atom. The Morgan fingerprint density at radius 3 is 2.58 bits per heavy atom. The summed E-state index contributed by atoms with van der Waals surface area (Å²) in [4.78, 5) is 2.49. The first kappa shape index (κ1) is 14.3. The summed E-state index contributed by atoms with van der Waals surface area (Å²) in [5.74, 6) is 0.523. The summed E-state index contributed by atoms with van der Waals surface area (Å²) in [6, 6.07) is 6.89. The van der Waals surface area contributed by atoms with Crippen LogP contribution in [0.3, 0.4) is 0 Å². The van der Waals surface area contributed by atoms with Gasteiger partial charge in [-0.3, -0.25) is 0 Å². The Hall–Kier alpha value is -1.13. The van der Waals surface area contributed by atoms with Crippen molar-refractivity contribution in [2.45, 2.75) is 25.3 Å². The van der Waals surface area contributed by atoms with Crippen molar-refractivity contribution >= 4 is 0 Å². The van der Waals surface area contributed by atoms with E-state index in [0.29, 0.717) is 12.6 Å². The highest BCUT2D eigenvalue weighted by atomic mass is 19.1. The van der Waals surface area contributed by atoms with Crippen molar-refractivity contribution in [2.24, 2.45) is 0 Å². The molecule has 0 aromatic heterocycles. The van der Waals surface area contributed by atoms with Crippen LogP contribution in [0.4, 0.5) is 4.39 Å². The van der Waals surface area contributed by atoms with E-state index < -0.39 is 0 Å². The first-order valence-electron chi connectivity index (χ1n) is 7.06. The highest BCUT2D eigenvalue weighted by Gasteiger charge is 2.16. The number of likely N-dealkylation sites (tertiary alicyclic amines) is 1. The highest BCUT2D eigenvalue weighted by Crippen LogP contribution is 2.12. The minimum Gasteiger partial charge on any atom is -0.494 e. The Kier molecular flexibility index (Phi) is 5.61. The van der Waals surface area contributed by atoms with E-state index in [1.807, 2.05) is 7.05 Å². The minimum absolute atomic E-state index is 0.222. The molecule has 1 heterocycles. The number of nitrogens with zero attached hydrogens (tertiary/aromatic N) is 1. The van der Waals surface area contributed by atoms with E-state index in [-0.39, 0.29) is 5.82 Å². The molecule has 1 aliphatic rings. The van der Waals surface area contributed by atoms with Gasteiger partial charge in [-0.15, -0.1) is 0 Å². The van der Waals surface area contributed by atoms with Crippen LogP contribution in [0.25, 0.3) is 0 Å². The third-order valence-electron chi connectivity index (χ3n) is 3.70. The van der Waals surface area contributed by atoms with E-state index in [0.717, 1.165) is 18.7 Å². The third kappa shape index (κ3) is 4.80. The quantitative estimate of drug-likeness (QED) is 0.800. The summed E-state index contributed by atoms with van der Waals surface area (Å²) in [6.07, 6.45) is 3.48. The SMILES string of the molecule is CNC1CCN(CCCOc2ccc(F)cc2)CC1. The van der Waals surface area contributed by atoms with Gasteiger partial charge in [-0.1, -0.05) is 0 Å². The molecule has 0 spiro atoms. The molecule has 0 aliphatic carbocycles. The number of benzene rings is 1. The summed E-state index contributed by atoms with van der Waals surface area (Å²) in [6.45, 7) is 4.11. The largest absolute Gasteiger partial charge is 0.494 e. The Bertz CT molecular complexity index is 361. The number of rotatable bonds is 6. The second-order valence-electron chi connectivity index (χ2n) is 5.06. The monoisotopic (exact) mass is 266 g/mol. The van der Waals surface area contributed by atoms with Crippen LogP contribution >= 0.6 is 0 Å². The van der Waals surface area contributed by atoms with Crippen molar-refractivity contribution in [2.75, 3.05) is 33.3 Å². The molecule has 1 aliphatic heterocycles. The molecule has 0 radical (unpaired) electrons. The van der Waals surface area contributed by atoms with Gasteiger partial charge in [-0.05, 0) is 63.7 Å². The molecule has 0 saturated carbocycles. The van der Waals surface area contributed by atoms with E-state index in [1.165, 1.54) is 38.1 Å². The normalized spacial score (nSPS) is 17.6. The molecule has 1 aromatic rings. The van der Waals surface area contributed by atoms with Crippen LogP contribution in [0.2, 0.25) is 0 Å². The topological polar surface area (TPSA) is 24.5 Å². The van der Waals surface area contributed by atoms with Gasteiger partial charge in [0.25, 0.3) is 0 Å². The number of nitrogens with one attached hydrogen (secondary N) is 1. The Labute approximate surface area is 114 Å². The lowest BCUT2D eigenvalue weighted by Crippen LogP contribution is -2.41. The molecule has 1 aromatic carbocycles. The zero-order chi connectivity index (χ0) is 13.5. The van der Waals surface area contributed by atoms with E-state index in [2.05, 4.69) is 10.2 Å². The number of hydrogen-bond donors (Lipinski definition) is 1. The number of piperidine rings is 1. The van der Waals surface area contributed by atoms with Crippen LogP contribution < -0.4 is 10.1 Å². The molecule has 1 N–H and O–H groups in total. The van der Waals surface area contributed by atoms with Gasteiger partial charge in [0.15, 0.2) is 0 Å². The van der Waals surface area contributed by atoms with Crippen molar-refractivity contribution in [3.05, 3.63) is 30.1 Å². The van der Waals surface area contributed by atoms with Crippen molar-refractivity contribution in [3.8, 4) is 5.75 Å². The molecule has 0 unspecified atom stereocenters. The lowest BCUT2D eigenvalue weighted by molar-refractivity contribution is 0.185. The van der Waals surface area contributed by atoms with E-state index in [9.17, 15) is 4.39 Å². The van der Waals surface area contributed by atoms with Crippen LogP contribution in [0.5, 0.6) is 5.75 Å². The van der Waals surface area contributed by atoms with Crippen LogP contribution in [0.1, 0.15) is 19.3 Å². The average molecular weight is 266 g/mol. The van der Waals surface area contributed by atoms with Crippen molar-refractivity contribution in [1.82, 2.24) is 10.2 Å². The Morgan fingerprint density at radius 2 is 1.95 bits per heavy atom. The molecule has 0 amide bonds. The molecular weight excluding hydrogens is 243 g/mol. The molecule has 3 nitrogen and oxygen atoms in total. The lowest BCUT2D eigenvalue weighted by Gasteiger charge is -2.31. The van der Waals surface area contributed by atoms with E-state index >= 15 is 0 Å². The molecule has 0 atom stereocenters. The summed E-state index contributed by atoms with van der Waals surface area (Å²) in [7, 11) is 2.04. The van der Waals surface area contributed by atoms with Crippen LogP contribution in [-0.2, 0) is 0 Å². The predicted octanol–water partition coefficient (Wildman–Crippen LogP) is 2.28. The highest BCUT2D eigenvalue weighted by molar-refractivity contribution is 5.21. The second kappa shape index (κ2) is 7.46. The maximum Gasteiger partial charge on any atom is 0.123 e. The first-order valence-corrected chi connectivity index (χ1v) is 7.06. The van der Waals surface area contributed by atoms with E-state index in [1.54, 1.807) is 12.1 Å². The molecule has 1 fully saturated rings. The van der Waals surface area contributed by atoms with Crippen molar-refractivity contribution < 1.29 is 9.13 Å². The number of hydrogen-bond acceptors (Lipinski definition) is 3. The Balaban J connectivity index is 1.58. The lowest BCUT2D eigenvalue weighted by atomic mass is 10.1. The fraction of sp³-hybridized carbons (Fsp3) is 0.600. The number of halogens is 1. The second-order valence-corrected chi connectivity index (χ2v) is 5.06. The first-order chi connectivity index (χ1) is 9.28. The van der Waals surface area contributed by atoms with Gasteiger partial charge in [-0.2, -0.15) is 0 Å². The molecule has 4 heteroatoms. The summed E-state index contributed by atoms with van der Waals surface area (Å²) >= 11 is 0. The summed E-state index contributed by atoms with van der Waals surface area (Å²) in [5, 5.41) is 3.34. The standard InChI is InChI=1S/C15H23FN2O/c1-17-14-7-10-18(11-8-14)9-2-12-19-15-5-3-13(16)4-6-15/h3-6,14,17H,2,7-12H2,1H3. The fourth-order valence-electron chi connectivity index (χ4n) is 2.45. The van der Waals surface area contributed by atoms with Crippen molar-refractivity contribution in [3.63, 3.8) is 0 Å². The molecule has 1 saturated heterocycles. The fourth-order valence-corrected chi connectivity index (χ4v) is 2.45. The summed E-state index contributed by atoms with van der Waals surface area (Å²) in [5.41, 5.74) is 0. The number of ether oxygens (including phenoxy) is 1. The van der Waals surface area contributed by atoms with Gasteiger partial charge in [0.05, 0.1) is 6.61 Å². The van der Waals surface area contributed by atoms with Gasteiger partial charge in [0.1, 0.15) is 11.6 Å². The summed E-state index contributed by atoms with van der Waals surface area (Å²) < 4.78 is 18.3. The molecule has 2 rings (SSSR count). The maximum absolute atomic E-state index is 12.7. The maximum atomic E-state index is 12.7. The van der Waals surface area contributed by atoms with Gasteiger partial charge < -0.3 is 15.0 Å². The van der Waals surface area contributed by atoms with Crippen LogP contribution in [0.15, 0.2) is 24.3 Å². The molecular formula is C15H23FN2O. The van der Waals surface area contributed by atoms with Gasteiger partial charge in [0.2, 0.25) is 0 Å². The van der Waals surface area contributed by atoms with Gasteiger partial charge in [0, 0.05) is 12.6 Å². The van der Waals surface area contributed by atoms with Gasteiger partial charge >= 0.3 is 0 Å². The van der Waals surface area contributed by atoms with Crippen LogP contribution in [-0.4, -0.2) is 44.2 Å². The van der Waals surface area contributed by atoms with Crippen LogP contribution in [0, 0.1) is 5.82 Å². The zero-order valence-corrected chi connectivity index (χ0v) is 11.6. The molecule has 19 heavy (non-hydrogen) atoms. The minimum atomic E-state index is -0.222. The molecule has 0 bridgehead atoms. The molecule has 106 valence electrons. The average Bonchev–Trinajstić information content (AvgIpc) is 2.46. The zero-order valence-electron chi connectivity index (χ0n) is 11.6. The van der Waals surface area contributed by atoms with E-state index in [4.69, 9.17) is 4.74 Å².